The number of carbonyl (C=O) groups is 2. The first-order valence-corrected chi connectivity index (χ1v) is 5.39. The molecular formula is C10H18N2O4. The van der Waals surface area contributed by atoms with Crippen LogP contribution < -0.4 is 5.32 Å². The predicted molar refractivity (Wildman–Crippen MR) is 57.0 cm³/mol. The van der Waals surface area contributed by atoms with Crippen molar-refractivity contribution >= 4 is 12.1 Å². The van der Waals surface area contributed by atoms with Crippen molar-refractivity contribution in [1.82, 2.24) is 10.2 Å². The van der Waals surface area contributed by atoms with Gasteiger partial charge in [-0.3, -0.25) is 9.69 Å². The Morgan fingerprint density at radius 1 is 1.69 bits per heavy atom. The molecule has 1 fully saturated rings. The third-order valence-electron chi connectivity index (χ3n) is 2.33. The number of nitrogens with one attached hydrogen (secondary N) is 1. The molecular weight excluding hydrogens is 212 g/mol. The van der Waals surface area contributed by atoms with Crippen molar-refractivity contribution < 1.29 is 19.1 Å². The summed E-state index contributed by atoms with van der Waals surface area (Å²) in [6, 6.07) is 0. The lowest BCUT2D eigenvalue weighted by Crippen LogP contribution is -2.38. The van der Waals surface area contributed by atoms with E-state index in [-0.39, 0.29) is 24.7 Å². The minimum atomic E-state index is -0.389. The van der Waals surface area contributed by atoms with Gasteiger partial charge in [-0.1, -0.05) is 6.92 Å². The highest BCUT2D eigenvalue weighted by atomic mass is 16.6. The van der Waals surface area contributed by atoms with Crippen molar-refractivity contribution in [1.29, 1.82) is 0 Å². The molecule has 16 heavy (non-hydrogen) atoms. The second kappa shape index (κ2) is 6.32. The molecule has 1 heterocycles. The number of alkyl carbamates (subject to hydrolysis) is 1. The van der Waals surface area contributed by atoms with Crippen molar-refractivity contribution in [3.05, 3.63) is 0 Å². The Balaban J connectivity index is 2.37. The van der Waals surface area contributed by atoms with Crippen LogP contribution in [0.2, 0.25) is 0 Å². The molecule has 6 nitrogen and oxygen atoms in total. The van der Waals surface area contributed by atoms with E-state index in [0.29, 0.717) is 13.1 Å². The summed E-state index contributed by atoms with van der Waals surface area (Å²) in [5, 5.41) is 2.58. The average Bonchev–Trinajstić information content (AvgIpc) is 2.64. The SMILES string of the molecule is CCCN(CC(=O)OC)CC1CNC(=O)O1. The number of methoxy groups -OCH3 is 1. The van der Waals surface area contributed by atoms with Gasteiger partial charge >= 0.3 is 12.1 Å². The van der Waals surface area contributed by atoms with E-state index in [1.165, 1.54) is 7.11 Å². The van der Waals surface area contributed by atoms with E-state index in [0.717, 1.165) is 13.0 Å². The molecule has 0 saturated carbocycles. The van der Waals surface area contributed by atoms with Crippen LogP contribution >= 0.6 is 0 Å². The van der Waals surface area contributed by atoms with Crippen LogP contribution in [0.3, 0.4) is 0 Å². The highest BCUT2D eigenvalue weighted by Gasteiger charge is 2.25. The van der Waals surface area contributed by atoms with E-state index in [2.05, 4.69) is 10.1 Å². The van der Waals surface area contributed by atoms with Gasteiger partial charge < -0.3 is 14.8 Å². The minimum absolute atomic E-state index is 0.177. The van der Waals surface area contributed by atoms with Gasteiger partial charge in [-0.25, -0.2) is 4.79 Å². The first-order chi connectivity index (χ1) is 7.65. The largest absolute Gasteiger partial charge is 0.468 e. The zero-order chi connectivity index (χ0) is 12.0. The number of ether oxygens (including phenoxy) is 2. The number of hydrogen-bond acceptors (Lipinski definition) is 5. The van der Waals surface area contributed by atoms with Crippen molar-refractivity contribution in [2.24, 2.45) is 0 Å². The Hall–Kier alpha value is -1.30. The fraction of sp³-hybridized carbons (Fsp3) is 0.800. The predicted octanol–water partition coefficient (Wildman–Crippen LogP) is -0.0202. The third-order valence-corrected chi connectivity index (χ3v) is 2.33. The molecule has 0 radical (unpaired) electrons. The molecule has 1 aliphatic heterocycles. The van der Waals surface area contributed by atoms with Crippen LogP contribution in [-0.4, -0.2) is 56.4 Å². The summed E-state index contributed by atoms with van der Waals surface area (Å²) in [7, 11) is 1.36. The molecule has 1 unspecified atom stereocenters. The summed E-state index contributed by atoms with van der Waals surface area (Å²) in [4.78, 5) is 23.9. The molecule has 0 spiro atoms. The van der Waals surface area contributed by atoms with Crippen LogP contribution in [0, 0.1) is 0 Å². The Morgan fingerprint density at radius 2 is 2.44 bits per heavy atom. The molecule has 0 bridgehead atoms. The maximum atomic E-state index is 11.1. The molecule has 1 amide bonds. The molecule has 1 atom stereocenters. The van der Waals surface area contributed by atoms with Gasteiger partial charge in [0.2, 0.25) is 0 Å². The standard InChI is InChI=1S/C10H18N2O4/c1-3-4-12(7-9(13)15-2)6-8-5-11-10(14)16-8/h8H,3-7H2,1-2H3,(H,11,14). The normalized spacial score (nSPS) is 19.4. The van der Waals surface area contributed by atoms with Gasteiger partial charge in [-0.05, 0) is 13.0 Å². The van der Waals surface area contributed by atoms with Crippen molar-refractivity contribution in [2.75, 3.05) is 33.3 Å². The van der Waals surface area contributed by atoms with E-state index in [4.69, 9.17) is 4.74 Å². The molecule has 0 aromatic rings. The maximum absolute atomic E-state index is 11.1. The second-order valence-corrected chi connectivity index (χ2v) is 3.72. The first-order valence-electron chi connectivity index (χ1n) is 5.39. The Kier molecular flexibility index (Phi) is 5.04. The molecule has 6 heteroatoms. The average molecular weight is 230 g/mol. The van der Waals surface area contributed by atoms with Gasteiger partial charge in [-0.2, -0.15) is 0 Å². The second-order valence-electron chi connectivity index (χ2n) is 3.72. The lowest BCUT2D eigenvalue weighted by atomic mass is 10.3. The van der Waals surface area contributed by atoms with Crippen LogP contribution in [0.5, 0.6) is 0 Å². The number of cyclic esters (lactones) is 1. The Morgan fingerprint density at radius 3 is 2.94 bits per heavy atom. The zero-order valence-corrected chi connectivity index (χ0v) is 9.69. The van der Waals surface area contributed by atoms with Gasteiger partial charge in [-0.15, -0.1) is 0 Å². The number of amides is 1. The summed E-state index contributed by atoms with van der Waals surface area (Å²) in [6.07, 6.45) is 0.369. The smallest absolute Gasteiger partial charge is 0.407 e. The number of hydrogen-bond donors (Lipinski definition) is 1. The molecule has 1 aliphatic rings. The zero-order valence-electron chi connectivity index (χ0n) is 9.69. The highest BCUT2D eigenvalue weighted by Crippen LogP contribution is 2.04. The van der Waals surface area contributed by atoms with Gasteiger partial charge in [0.25, 0.3) is 0 Å². The van der Waals surface area contributed by atoms with Gasteiger partial charge in [0.15, 0.2) is 0 Å². The van der Waals surface area contributed by atoms with Crippen molar-refractivity contribution in [3.8, 4) is 0 Å². The molecule has 1 rings (SSSR count). The van der Waals surface area contributed by atoms with Gasteiger partial charge in [0.1, 0.15) is 6.10 Å². The van der Waals surface area contributed by atoms with Crippen LogP contribution in [0.25, 0.3) is 0 Å². The summed E-state index contributed by atoms with van der Waals surface area (Å²) < 4.78 is 9.62. The van der Waals surface area contributed by atoms with E-state index in [1.54, 1.807) is 0 Å². The molecule has 0 aromatic heterocycles. The molecule has 1 N–H and O–H groups in total. The Labute approximate surface area is 94.9 Å². The number of nitrogens with zero attached hydrogens (tertiary/aromatic N) is 1. The number of rotatable bonds is 6. The van der Waals surface area contributed by atoms with Crippen LogP contribution in [0.4, 0.5) is 4.79 Å². The lowest BCUT2D eigenvalue weighted by Gasteiger charge is -2.22. The number of carbonyl (C=O) groups excluding carboxylic acids is 2. The summed E-state index contributed by atoms with van der Waals surface area (Å²) in [5.74, 6) is -0.272. The van der Waals surface area contributed by atoms with Gasteiger partial charge in [0, 0.05) is 6.54 Å². The van der Waals surface area contributed by atoms with Crippen LogP contribution in [0.1, 0.15) is 13.3 Å². The summed E-state index contributed by atoms with van der Waals surface area (Å²) in [6.45, 7) is 4.10. The quantitative estimate of drug-likeness (QED) is 0.649. The van der Waals surface area contributed by atoms with Gasteiger partial charge in [0.05, 0.1) is 20.2 Å². The fourth-order valence-electron chi connectivity index (χ4n) is 1.62. The summed E-state index contributed by atoms with van der Waals surface area (Å²) in [5.41, 5.74) is 0. The van der Waals surface area contributed by atoms with E-state index in [1.807, 2.05) is 11.8 Å². The van der Waals surface area contributed by atoms with Crippen LogP contribution in [-0.2, 0) is 14.3 Å². The molecule has 1 saturated heterocycles. The topological polar surface area (TPSA) is 67.9 Å². The molecule has 92 valence electrons. The highest BCUT2D eigenvalue weighted by molar-refractivity contribution is 5.71. The van der Waals surface area contributed by atoms with Crippen LogP contribution in [0.15, 0.2) is 0 Å². The minimum Gasteiger partial charge on any atom is -0.468 e. The monoisotopic (exact) mass is 230 g/mol. The lowest BCUT2D eigenvalue weighted by molar-refractivity contribution is -0.142. The maximum Gasteiger partial charge on any atom is 0.407 e. The number of esters is 1. The van der Waals surface area contributed by atoms with E-state index in [9.17, 15) is 9.59 Å². The fourth-order valence-corrected chi connectivity index (χ4v) is 1.62. The van der Waals surface area contributed by atoms with Crippen molar-refractivity contribution in [3.63, 3.8) is 0 Å². The molecule has 0 aliphatic carbocycles. The van der Waals surface area contributed by atoms with E-state index < -0.39 is 0 Å². The molecule has 0 aromatic carbocycles. The van der Waals surface area contributed by atoms with E-state index >= 15 is 0 Å². The first kappa shape index (κ1) is 12.8. The third kappa shape index (κ3) is 4.06. The summed E-state index contributed by atoms with van der Waals surface area (Å²) >= 11 is 0. The van der Waals surface area contributed by atoms with Crippen molar-refractivity contribution in [2.45, 2.75) is 19.4 Å². The Bertz CT molecular complexity index is 257.